The number of carboxylic acid groups (broad SMARTS) is 1. The fraction of sp³-hybridized carbons (Fsp3) is 0.765. The zero-order valence-corrected chi connectivity index (χ0v) is 15.9. The molecule has 0 rings (SSSR count). The fourth-order valence-corrected chi connectivity index (χ4v) is 2.44. The number of unbranched alkanes of at least 4 members (excludes halogenated alkanes) is 4. The Kier molecular flexibility index (Phi) is 11.8. The van der Waals surface area contributed by atoms with Crippen LogP contribution in [0.5, 0.6) is 0 Å². The Morgan fingerprint density at radius 1 is 1.08 bits per heavy atom. The molecule has 2 unspecified atom stereocenters. The van der Waals surface area contributed by atoms with Crippen LogP contribution in [-0.2, 0) is 14.4 Å². The Morgan fingerprint density at radius 2 is 1.69 bits per heavy atom. The summed E-state index contributed by atoms with van der Waals surface area (Å²) in [4.78, 5) is 47.3. The van der Waals surface area contributed by atoms with Gasteiger partial charge in [0.05, 0.1) is 6.42 Å². The van der Waals surface area contributed by atoms with Gasteiger partial charge in [0.1, 0.15) is 6.04 Å². The lowest BCUT2D eigenvalue weighted by molar-refractivity contribution is -0.131. The molecule has 0 spiro atoms. The van der Waals surface area contributed by atoms with Crippen molar-refractivity contribution < 1.29 is 24.3 Å². The molecule has 150 valence electrons. The van der Waals surface area contributed by atoms with Crippen molar-refractivity contribution in [2.45, 2.75) is 70.9 Å². The molecule has 9 heteroatoms. The largest absolute Gasteiger partial charge is 0.465 e. The molecule has 4 amide bonds. The highest BCUT2D eigenvalue weighted by Crippen LogP contribution is 2.05. The molecule has 0 radical (unpaired) electrons. The van der Waals surface area contributed by atoms with E-state index >= 15 is 0 Å². The van der Waals surface area contributed by atoms with E-state index in [1.807, 2.05) is 0 Å². The van der Waals surface area contributed by atoms with Crippen LogP contribution >= 0.6 is 0 Å². The third-order valence-electron chi connectivity index (χ3n) is 3.83. The standard InChI is InChI=1S/C17H32N4O5/c1-4-5-6-7-8-9-15(23)20-13(10-14(18)22)16(24)19-12(2)11-21(3)17(25)26/h12-13H,4-11H2,1-3H3,(H2,18,22)(H,19,24)(H,20,23)(H,25,26). The van der Waals surface area contributed by atoms with Crippen molar-refractivity contribution in [1.29, 1.82) is 0 Å². The summed E-state index contributed by atoms with van der Waals surface area (Å²) in [5.74, 6) is -1.57. The molecule has 2 atom stereocenters. The van der Waals surface area contributed by atoms with E-state index in [1.165, 1.54) is 7.05 Å². The van der Waals surface area contributed by atoms with Crippen LogP contribution in [0.3, 0.4) is 0 Å². The summed E-state index contributed by atoms with van der Waals surface area (Å²) in [6.07, 6.45) is 3.81. The van der Waals surface area contributed by atoms with E-state index in [4.69, 9.17) is 10.8 Å². The van der Waals surface area contributed by atoms with Crippen LogP contribution in [0.15, 0.2) is 0 Å². The van der Waals surface area contributed by atoms with Crippen molar-refractivity contribution in [1.82, 2.24) is 15.5 Å². The van der Waals surface area contributed by atoms with Crippen LogP contribution in [0.2, 0.25) is 0 Å². The van der Waals surface area contributed by atoms with E-state index in [0.29, 0.717) is 0 Å². The molecule has 0 aliphatic heterocycles. The van der Waals surface area contributed by atoms with Gasteiger partial charge in [-0.3, -0.25) is 14.4 Å². The third-order valence-corrected chi connectivity index (χ3v) is 3.83. The van der Waals surface area contributed by atoms with Crippen molar-refractivity contribution in [3.8, 4) is 0 Å². The molecular formula is C17H32N4O5. The van der Waals surface area contributed by atoms with Gasteiger partial charge in [0, 0.05) is 26.1 Å². The summed E-state index contributed by atoms with van der Waals surface area (Å²) < 4.78 is 0. The minimum absolute atomic E-state index is 0.0791. The lowest BCUT2D eigenvalue weighted by Crippen LogP contribution is -2.52. The van der Waals surface area contributed by atoms with E-state index in [2.05, 4.69) is 17.6 Å². The van der Waals surface area contributed by atoms with Gasteiger partial charge in [0.2, 0.25) is 17.7 Å². The average Bonchev–Trinajstić information content (AvgIpc) is 2.53. The number of hydrogen-bond acceptors (Lipinski definition) is 4. The molecule has 5 N–H and O–H groups in total. The minimum Gasteiger partial charge on any atom is -0.465 e. The maximum atomic E-state index is 12.3. The average molecular weight is 372 g/mol. The smallest absolute Gasteiger partial charge is 0.407 e. The molecule has 0 heterocycles. The SMILES string of the molecule is CCCCCCCC(=O)NC(CC(N)=O)C(=O)NC(C)CN(C)C(=O)O. The fourth-order valence-electron chi connectivity index (χ4n) is 2.44. The summed E-state index contributed by atoms with van der Waals surface area (Å²) in [6.45, 7) is 3.82. The monoisotopic (exact) mass is 372 g/mol. The Hall–Kier alpha value is -2.32. The van der Waals surface area contributed by atoms with Crippen molar-refractivity contribution >= 4 is 23.8 Å². The lowest BCUT2D eigenvalue weighted by atomic mass is 10.1. The van der Waals surface area contributed by atoms with E-state index in [9.17, 15) is 19.2 Å². The highest BCUT2D eigenvalue weighted by molar-refractivity contribution is 5.91. The van der Waals surface area contributed by atoms with Gasteiger partial charge < -0.3 is 26.4 Å². The van der Waals surface area contributed by atoms with Gasteiger partial charge in [-0.05, 0) is 13.3 Å². The van der Waals surface area contributed by atoms with E-state index in [0.717, 1.165) is 37.0 Å². The number of likely N-dealkylation sites (N-methyl/N-ethyl adjacent to an activating group) is 1. The molecule has 26 heavy (non-hydrogen) atoms. The molecule has 0 bridgehead atoms. The van der Waals surface area contributed by atoms with Crippen LogP contribution in [0.25, 0.3) is 0 Å². The number of nitrogens with zero attached hydrogens (tertiary/aromatic N) is 1. The summed E-state index contributed by atoms with van der Waals surface area (Å²) >= 11 is 0. The van der Waals surface area contributed by atoms with Crippen molar-refractivity contribution in [2.24, 2.45) is 5.73 Å². The summed E-state index contributed by atoms with van der Waals surface area (Å²) in [6, 6.07) is -1.54. The van der Waals surface area contributed by atoms with E-state index in [-0.39, 0.29) is 25.3 Å². The van der Waals surface area contributed by atoms with Gasteiger partial charge in [0.25, 0.3) is 0 Å². The third kappa shape index (κ3) is 11.3. The lowest BCUT2D eigenvalue weighted by Gasteiger charge is -2.23. The molecule has 0 aliphatic rings. The van der Waals surface area contributed by atoms with Crippen molar-refractivity contribution in [2.75, 3.05) is 13.6 Å². The normalized spacial score (nSPS) is 12.7. The number of nitrogens with two attached hydrogens (primary N) is 1. The minimum atomic E-state index is -1.11. The van der Waals surface area contributed by atoms with Crippen LogP contribution < -0.4 is 16.4 Å². The first kappa shape index (κ1) is 23.7. The Labute approximate surface area is 154 Å². The van der Waals surface area contributed by atoms with E-state index < -0.39 is 30.0 Å². The van der Waals surface area contributed by atoms with Crippen molar-refractivity contribution in [3.05, 3.63) is 0 Å². The summed E-state index contributed by atoms with van der Waals surface area (Å²) in [7, 11) is 1.38. The zero-order chi connectivity index (χ0) is 20.1. The molecule has 0 aromatic heterocycles. The molecule has 9 nitrogen and oxygen atoms in total. The second-order valence-electron chi connectivity index (χ2n) is 6.53. The molecule has 0 aromatic rings. The van der Waals surface area contributed by atoms with E-state index in [1.54, 1.807) is 6.92 Å². The maximum absolute atomic E-state index is 12.3. The summed E-state index contributed by atoms with van der Waals surface area (Å²) in [5, 5.41) is 14.0. The van der Waals surface area contributed by atoms with Crippen LogP contribution in [0.4, 0.5) is 4.79 Å². The molecule has 0 fully saturated rings. The number of hydrogen-bond donors (Lipinski definition) is 4. The highest BCUT2D eigenvalue weighted by atomic mass is 16.4. The first-order valence-corrected chi connectivity index (χ1v) is 8.99. The quantitative estimate of drug-likeness (QED) is 0.354. The van der Waals surface area contributed by atoms with Gasteiger partial charge >= 0.3 is 6.09 Å². The Bertz CT molecular complexity index is 484. The molecule has 0 saturated carbocycles. The molecular weight excluding hydrogens is 340 g/mol. The topological polar surface area (TPSA) is 142 Å². The van der Waals surface area contributed by atoms with Gasteiger partial charge in [-0.2, -0.15) is 0 Å². The number of primary amides is 1. The first-order valence-electron chi connectivity index (χ1n) is 8.99. The molecule has 0 saturated heterocycles. The zero-order valence-electron chi connectivity index (χ0n) is 15.9. The number of nitrogens with one attached hydrogen (secondary N) is 2. The number of carbonyl (C=O) groups is 4. The van der Waals surface area contributed by atoms with Crippen LogP contribution in [0.1, 0.15) is 58.8 Å². The maximum Gasteiger partial charge on any atom is 0.407 e. The van der Waals surface area contributed by atoms with Crippen LogP contribution in [0, 0.1) is 0 Å². The number of amides is 4. The first-order chi connectivity index (χ1) is 12.2. The molecule has 0 aliphatic carbocycles. The van der Waals surface area contributed by atoms with Gasteiger partial charge in [-0.25, -0.2) is 4.79 Å². The highest BCUT2D eigenvalue weighted by Gasteiger charge is 2.24. The van der Waals surface area contributed by atoms with Gasteiger partial charge in [-0.15, -0.1) is 0 Å². The second kappa shape index (κ2) is 13.0. The Morgan fingerprint density at radius 3 is 2.23 bits per heavy atom. The van der Waals surface area contributed by atoms with Crippen LogP contribution in [-0.4, -0.2) is 59.5 Å². The number of carbonyl (C=O) groups excluding carboxylic acids is 3. The Balaban J connectivity index is 4.52. The second-order valence-corrected chi connectivity index (χ2v) is 6.53. The predicted octanol–water partition coefficient (Wildman–Crippen LogP) is 0.822. The summed E-state index contributed by atoms with van der Waals surface area (Å²) in [5.41, 5.74) is 5.16. The van der Waals surface area contributed by atoms with Gasteiger partial charge in [-0.1, -0.05) is 32.6 Å². The predicted molar refractivity (Wildman–Crippen MR) is 97.4 cm³/mol. The van der Waals surface area contributed by atoms with Gasteiger partial charge in [0.15, 0.2) is 0 Å². The number of rotatable bonds is 13. The molecule has 0 aromatic carbocycles. The van der Waals surface area contributed by atoms with Crippen molar-refractivity contribution in [3.63, 3.8) is 0 Å².